The Hall–Kier alpha value is 0.297. The Bertz CT molecular complexity index is 109. The van der Waals surface area contributed by atoms with Crippen molar-refractivity contribution in [3.8, 4) is 0 Å². The summed E-state index contributed by atoms with van der Waals surface area (Å²) in [5.74, 6) is 0. The van der Waals surface area contributed by atoms with E-state index in [4.69, 9.17) is 0 Å². The van der Waals surface area contributed by atoms with E-state index in [0.717, 1.165) is 4.59 Å². The molecule has 0 saturated heterocycles. The van der Waals surface area contributed by atoms with E-state index < -0.39 is 0 Å². The van der Waals surface area contributed by atoms with Gasteiger partial charge in [-0.15, -0.1) is 0 Å². The second kappa shape index (κ2) is 2.27. The maximum atomic E-state index is 2.24. The molecule has 0 aromatic heterocycles. The van der Waals surface area contributed by atoms with Gasteiger partial charge in [0, 0.05) is 0 Å². The fraction of sp³-hybridized carbons (Fsp3) is 0.667. The molecular weight excluding hydrogens is 93.0 g/mol. The summed E-state index contributed by atoms with van der Waals surface area (Å²) in [5, 5.41) is 0. The van der Waals surface area contributed by atoms with Crippen LogP contribution in [-0.4, -0.2) is 42.8 Å². The number of rotatable bonds is 1. The summed E-state index contributed by atoms with van der Waals surface area (Å²) in [7, 11) is 4.23. The molecule has 0 aromatic carbocycles. The van der Waals surface area contributed by atoms with Crippen molar-refractivity contribution in [2.75, 3.05) is 14.1 Å². The van der Waals surface area contributed by atoms with Crippen molar-refractivity contribution in [1.82, 2.24) is 4.90 Å². The Morgan fingerprint density at radius 1 is 1.38 bits per heavy atom. The summed E-state index contributed by atoms with van der Waals surface area (Å²) in [4.78, 5) is 2.24. The summed E-state index contributed by atoms with van der Waals surface area (Å²) in [5.41, 5.74) is 0. The molecular formula is C6H10LiN. The Labute approximate surface area is 60.0 Å². The third-order valence-corrected chi connectivity index (χ3v) is 1.75. The molecule has 1 aliphatic rings. The van der Waals surface area contributed by atoms with Gasteiger partial charge < -0.3 is 0 Å². The van der Waals surface area contributed by atoms with E-state index in [1.54, 1.807) is 0 Å². The van der Waals surface area contributed by atoms with Gasteiger partial charge in [-0.2, -0.15) is 0 Å². The monoisotopic (exact) mass is 103 g/mol. The van der Waals surface area contributed by atoms with E-state index in [-0.39, 0.29) is 0 Å². The van der Waals surface area contributed by atoms with Gasteiger partial charge in [0.1, 0.15) is 0 Å². The van der Waals surface area contributed by atoms with Gasteiger partial charge in [-0.05, 0) is 0 Å². The van der Waals surface area contributed by atoms with Crippen molar-refractivity contribution in [3.63, 3.8) is 0 Å². The molecule has 2 unspecified atom stereocenters. The first-order valence-electron chi connectivity index (χ1n) is 3.06. The van der Waals surface area contributed by atoms with Gasteiger partial charge in [-0.1, -0.05) is 0 Å². The van der Waals surface area contributed by atoms with E-state index in [1.807, 2.05) is 0 Å². The molecule has 0 heterocycles. The molecule has 0 aromatic rings. The first kappa shape index (κ1) is 6.42. The zero-order valence-electron chi connectivity index (χ0n) is 5.76. The summed E-state index contributed by atoms with van der Waals surface area (Å²) in [6.45, 7) is 0. The fourth-order valence-electron chi connectivity index (χ4n) is 1.08. The normalized spacial score (nSPS) is 35.6. The molecule has 1 aliphatic carbocycles. The van der Waals surface area contributed by atoms with Crippen molar-refractivity contribution < 1.29 is 0 Å². The van der Waals surface area contributed by atoms with Crippen LogP contribution in [0.3, 0.4) is 0 Å². The van der Waals surface area contributed by atoms with Crippen LogP contribution in [0.15, 0.2) is 12.2 Å². The number of hydrogen-bond acceptors (Lipinski definition) is 1. The summed E-state index contributed by atoms with van der Waals surface area (Å²) in [6.07, 6.45) is 4.48. The van der Waals surface area contributed by atoms with Gasteiger partial charge in [0.25, 0.3) is 0 Å². The van der Waals surface area contributed by atoms with Crippen LogP contribution in [0.4, 0.5) is 0 Å². The third kappa shape index (κ3) is 0.999. The topological polar surface area (TPSA) is 3.24 Å². The fourth-order valence-corrected chi connectivity index (χ4v) is 1.08. The van der Waals surface area contributed by atoms with Gasteiger partial charge in [0.15, 0.2) is 0 Å². The standard InChI is InChI=1S/C6H10N.Li/c1-7(2)6-4-3-5-6;/h3-6H,1-2H3;. The van der Waals surface area contributed by atoms with E-state index in [0.29, 0.717) is 6.04 Å². The van der Waals surface area contributed by atoms with Gasteiger partial charge >= 0.3 is 59.5 Å². The third-order valence-electron chi connectivity index (χ3n) is 1.75. The number of nitrogens with zero attached hydrogens (tertiary/aromatic N) is 1. The predicted molar refractivity (Wildman–Crippen MR) is 36.1 cm³/mol. The van der Waals surface area contributed by atoms with Crippen LogP contribution in [0.5, 0.6) is 0 Å². The van der Waals surface area contributed by atoms with Gasteiger partial charge in [-0.25, -0.2) is 0 Å². The average molecular weight is 103 g/mol. The van der Waals surface area contributed by atoms with Gasteiger partial charge in [0.2, 0.25) is 0 Å². The number of likely N-dealkylation sites (N-methyl/N-ethyl adjacent to an activating group) is 1. The molecule has 1 nitrogen and oxygen atoms in total. The van der Waals surface area contributed by atoms with E-state index in [2.05, 4.69) is 48.9 Å². The van der Waals surface area contributed by atoms with Gasteiger partial charge in [0.05, 0.1) is 0 Å². The molecule has 0 N–H and O–H groups in total. The first-order chi connectivity index (χ1) is 3.72. The second-order valence-corrected chi connectivity index (χ2v) is 2.70. The van der Waals surface area contributed by atoms with Crippen LogP contribution in [-0.2, 0) is 0 Å². The molecule has 0 fully saturated rings. The minimum atomic E-state index is 0.704. The summed E-state index contributed by atoms with van der Waals surface area (Å²) < 4.78 is 0.769. The van der Waals surface area contributed by atoms with E-state index in [9.17, 15) is 0 Å². The molecule has 0 spiro atoms. The molecule has 0 bridgehead atoms. The Morgan fingerprint density at radius 2 is 2.00 bits per heavy atom. The predicted octanol–water partition coefficient (Wildman–Crippen LogP) is 0.443. The van der Waals surface area contributed by atoms with Crippen LogP contribution < -0.4 is 0 Å². The second-order valence-electron chi connectivity index (χ2n) is 2.70. The summed E-state index contributed by atoms with van der Waals surface area (Å²) in [6, 6.07) is 0.704. The van der Waals surface area contributed by atoms with Gasteiger partial charge in [-0.3, -0.25) is 0 Å². The Morgan fingerprint density at radius 3 is 2.00 bits per heavy atom. The molecule has 40 valence electrons. The van der Waals surface area contributed by atoms with Crippen LogP contribution in [0.1, 0.15) is 0 Å². The SMILES string of the molecule is [Li][CH]1C=CC1N(C)C. The maximum absolute atomic E-state index is 2.24. The molecule has 1 rings (SSSR count). The molecule has 0 aliphatic heterocycles. The Kier molecular flexibility index (Phi) is 1.82. The van der Waals surface area contributed by atoms with Crippen molar-refractivity contribution in [2.24, 2.45) is 0 Å². The molecule has 8 heavy (non-hydrogen) atoms. The first-order valence-corrected chi connectivity index (χ1v) is 3.06. The summed E-state index contributed by atoms with van der Waals surface area (Å²) >= 11 is 2.24. The quantitative estimate of drug-likeness (QED) is 0.344. The average Bonchev–Trinajstić information content (AvgIpc) is 1.61. The zero-order valence-corrected chi connectivity index (χ0v) is 5.76. The molecule has 0 radical (unpaired) electrons. The van der Waals surface area contributed by atoms with Crippen molar-refractivity contribution in [1.29, 1.82) is 0 Å². The van der Waals surface area contributed by atoms with Crippen molar-refractivity contribution in [3.05, 3.63) is 12.2 Å². The van der Waals surface area contributed by atoms with E-state index in [1.165, 1.54) is 0 Å². The van der Waals surface area contributed by atoms with Crippen molar-refractivity contribution in [2.45, 2.75) is 10.6 Å². The van der Waals surface area contributed by atoms with E-state index >= 15 is 0 Å². The Balaban J connectivity index is 2.41. The molecule has 0 saturated carbocycles. The minimum absolute atomic E-state index is 0.704. The van der Waals surface area contributed by atoms with Crippen LogP contribution in [0.25, 0.3) is 0 Å². The van der Waals surface area contributed by atoms with Crippen LogP contribution in [0.2, 0.25) is 4.59 Å². The molecule has 2 atom stereocenters. The zero-order chi connectivity index (χ0) is 6.15. The number of hydrogen-bond donors (Lipinski definition) is 0. The van der Waals surface area contributed by atoms with Crippen LogP contribution >= 0.6 is 0 Å². The molecule has 2 heteroatoms. The van der Waals surface area contributed by atoms with Crippen molar-refractivity contribution >= 4 is 17.7 Å². The van der Waals surface area contributed by atoms with Crippen LogP contribution in [0, 0.1) is 0 Å². The molecule has 0 amide bonds.